The second-order valence-electron chi connectivity index (χ2n) is 10.6. The van der Waals surface area contributed by atoms with Gasteiger partial charge < -0.3 is 15.2 Å². The molecule has 200 valence electrons. The zero-order valence-corrected chi connectivity index (χ0v) is 22.4. The third-order valence-electron chi connectivity index (χ3n) is 6.79. The molecule has 2 N–H and O–H groups in total. The van der Waals surface area contributed by atoms with Crippen molar-refractivity contribution in [2.24, 2.45) is 0 Å². The van der Waals surface area contributed by atoms with Crippen LogP contribution in [0.1, 0.15) is 68.4 Å². The summed E-state index contributed by atoms with van der Waals surface area (Å²) in [7, 11) is 0. The Morgan fingerprint density at radius 3 is 2.53 bits per heavy atom. The van der Waals surface area contributed by atoms with E-state index in [1.54, 1.807) is 51.4 Å². The second kappa shape index (κ2) is 10.9. The van der Waals surface area contributed by atoms with Crippen molar-refractivity contribution < 1.29 is 19.4 Å². The number of ether oxygens (including phenoxy) is 1. The van der Waals surface area contributed by atoms with Gasteiger partial charge in [-0.25, -0.2) is 14.3 Å². The van der Waals surface area contributed by atoms with Crippen LogP contribution in [-0.2, 0) is 10.2 Å². The highest BCUT2D eigenvalue weighted by Crippen LogP contribution is 2.43. The Morgan fingerprint density at radius 2 is 1.92 bits per heavy atom. The van der Waals surface area contributed by atoms with Gasteiger partial charge in [0.2, 0.25) is 0 Å². The first-order valence-corrected chi connectivity index (χ1v) is 12.9. The van der Waals surface area contributed by atoms with Crippen LogP contribution in [0.2, 0.25) is 5.02 Å². The van der Waals surface area contributed by atoms with Crippen LogP contribution in [0.4, 0.5) is 4.79 Å². The highest BCUT2D eigenvalue weighted by atomic mass is 35.5. The summed E-state index contributed by atoms with van der Waals surface area (Å²) in [6.07, 6.45) is 5.00. The third kappa shape index (κ3) is 6.22. The predicted octanol–water partition coefficient (Wildman–Crippen LogP) is 5.23. The third-order valence-corrected chi connectivity index (χ3v) is 7.02. The molecule has 0 saturated heterocycles. The molecule has 10 heteroatoms. The highest BCUT2D eigenvalue weighted by Gasteiger charge is 2.39. The van der Waals surface area contributed by atoms with Gasteiger partial charge >= 0.3 is 12.1 Å². The Labute approximate surface area is 225 Å². The van der Waals surface area contributed by atoms with Crippen molar-refractivity contribution in [2.75, 3.05) is 6.54 Å². The Hall–Kier alpha value is -3.72. The summed E-state index contributed by atoms with van der Waals surface area (Å²) in [5.74, 6) is -1.30. The number of aromatic nitrogens is 3. The van der Waals surface area contributed by atoms with Gasteiger partial charge in [0.05, 0.1) is 11.7 Å². The lowest BCUT2D eigenvalue weighted by atomic mass is 9.68. The number of amides is 1. The Bertz CT molecular complexity index is 1380. The van der Waals surface area contributed by atoms with Crippen LogP contribution in [0.3, 0.4) is 0 Å². The van der Waals surface area contributed by atoms with Crippen molar-refractivity contribution in [1.29, 1.82) is 0 Å². The predicted molar refractivity (Wildman–Crippen MR) is 144 cm³/mol. The smallest absolute Gasteiger partial charge is 0.407 e. The van der Waals surface area contributed by atoms with Gasteiger partial charge in [0.15, 0.2) is 0 Å². The summed E-state index contributed by atoms with van der Waals surface area (Å²) < 4.78 is 6.74. The molecule has 4 rings (SSSR count). The van der Waals surface area contributed by atoms with Crippen molar-refractivity contribution in [1.82, 2.24) is 20.1 Å². The maximum absolute atomic E-state index is 13.1. The molecular weight excluding hydrogens is 508 g/mol. The molecule has 1 saturated carbocycles. The number of nitrogens with one attached hydrogen (secondary N) is 1. The minimum absolute atomic E-state index is 0.314. The SMILES string of the molecule is CC(C)(C)OC(=O)NC[C@]1(c2cccc(Cl)c2)CC[C@@H](n2nc(-c3cccnc3)cc(C(=O)O)c2=O)CC1. The first kappa shape index (κ1) is 27.3. The van der Waals surface area contributed by atoms with Gasteiger partial charge in [0, 0.05) is 34.9 Å². The number of carboxylic acids is 1. The van der Waals surface area contributed by atoms with E-state index in [-0.39, 0.29) is 11.6 Å². The van der Waals surface area contributed by atoms with Crippen molar-refractivity contribution in [3.05, 3.63) is 81.4 Å². The molecule has 1 fully saturated rings. The number of pyridine rings is 1. The number of carboxylic acid groups (broad SMARTS) is 1. The molecule has 2 aromatic heterocycles. The van der Waals surface area contributed by atoms with Gasteiger partial charge in [-0.05, 0) is 82.3 Å². The van der Waals surface area contributed by atoms with Gasteiger partial charge in [-0.1, -0.05) is 23.7 Å². The average molecular weight is 539 g/mol. The van der Waals surface area contributed by atoms with E-state index in [1.807, 2.05) is 18.2 Å². The van der Waals surface area contributed by atoms with E-state index < -0.39 is 28.6 Å². The quantitative estimate of drug-likeness (QED) is 0.440. The first-order chi connectivity index (χ1) is 18.0. The maximum Gasteiger partial charge on any atom is 0.407 e. The molecular formula is C28H31ClN4O5. The van der Waals surface area contributed by atoms with Crippen molar-refractivity contribution in [3.63, 3.8) is 0 Å². The Morgan fingerprint density at radius 1 is 1.18 bits per heavy atom. The summed E-state index contributed by atoms with van der Waals surface area (Å²) in [6, 6.07) is 12.0. The molecule has 2 heterocycles. The molecule has 1 amide bonds. The van der Waals surface area contributed by atoms with Crippen LogP contribution in [0.15, 0.2) is 59.7 Å². The summed E-state index contributed by atoms with van der Waals surface area (Å²) >= 11 is 6.32. The molecule has 0 bridgehead atoms. The largest absolute Gasteiger partial charge is 0.477 e. The zero-order valence-electron chi connectivity index (χ0n) is 21.6. The van der Waals surface area contributed by atoms with Gasteiger partial charge in [-0.3, -0.25) is 9.78 Å². The topological polar surface area (TPSA) is 123 Å². The zero-order chi connectivity index (χ0) is 27.5. The van der Waals surface area contributed by atoms with Crippen LogP contribution >= 0.6 is 11.6 Å². The van der Waals surface area contributed by atoms with E-state index in [9.17, 15) is 19.5 Å². The fourth-order valence-electron chi connectivity index (χ4n) is 4.91. The van der Waals surface area contributed by atoms with E-state index in [2.05, 4.69) is 15.4 Å². The molecule has 9 nitrogen and oxygen atoms in total. The van der Waals surface area contributed by atoms with Crippen LogP contribution in [-0.4, -0.2) is 44.1 Å². The van der Waals surface area contributed by atoms with E-state index in [1.165, 1.54) is 10.7 Å². The average Bonchev–Trinajstić information content (AvgIpc) is 2.87. The lowest BCUT2D eigenvalue weighted by Gasteiger charge is -2.41. The standard InChI is InChI=1S/C28H31ClN4O5/c1-27(2,3)38-26(37)31-17-28(19-7-4-8-20(29)14-19)11-9-21(10-12-28)33-24(34)22(25(35)36)15-23(32-33)18-6-5-13-30-16-18/h4-8,13-16,21H,9-12,17H2,1-3H3,(H,31,37)(H,35,36)/t21-,28+. The summed E-state index contributed by atoms with van der Waals surface area (Å²) in [5.41, 5.74) is -0.0791. The van der Waals surface area contributed by atoms with Gasteiger partial charge in [0.25, 0.3) is 5.56 Å². The molecule has 0 radical (unpaired) electrons. The maximum atomic E-state index is 13.1. The lowest BCUT2D eigenvalue weighted by Crippen LogP contribution is -2.46. The lowest BCUT2D eigenvalue weighted by molar-refractivity contribution is 0.0504. The highest BCUT2D eigenvalue weighted by molar-refractivity contribution is 6.30. The fourth-order valence-corrected chi connectivity index (χ4v) is 5.10. The van der Waals surface area contributed by atoms with E-state index in [0.29, 0.717) is 48.5 Å². The van der Waals surface area contributed by atoms with Crippen molar-refractivity contribution >= 4 is 23.7 Å². The molecule has 0 spiro atoms. The van der Waals surface area contributed by atoms with Crippen molar-refractivity contribution in [2.45, 2.75) is 63.5 Å². The summed E-state index contributed by atoms with van der Waals surface area (Å²) in [5, 5.41) is 17.8. The molecule has 0 aliphatic heterocycles. The van der Waals surface area contributed by atoms with Gasteiger partial charge in [0.1, 0.15) is 11.2 Å². The number of carbonyl (C=O) groups excluding carboxylic acids is 1. The summed E-state index contributed by atoms with van der Waals surface area (Å²) in [4.78, 5) is 41.6. The number of rotatable bonds is 6. The van der Waals surface area contributed by atoms with Gasteiger partial charge in [-0.2, -0.15) is 5.10 Å². The number of halogens is 1. The van der Waals surface area contributed by atoms with Crippen LogP contribution < -0.4 is 10.9 Å². The van der Waals surface area contributed by atoms with E-state index in [0.717, 1.165) is 5.56 Å². The Balaban J connectivity index is 1.64. The molecule has 0 unspecified atom stereocenters. The molecule has 1 aromatic carbocycles. The Kier molecular flexibility index (Phi) is 7.87. The number of nitrogens with zero attached hydrogens (tertiary/aromatic N) is 3. The minimum atomic E-state index is -1.30. The van der Waals surface area contributed by atoms with E-state index >= 15 is 0 Å². The number of carbonyl (C=O) groups is 2. The molecule has 1 aliphatic rings. The number of hydrogen-bond donors (Lipinski definition) is 2. The minimum Gasteiger partial charge on any atom is -0.477 e. The number of hydrogen-bond acceptors (Lipinski definition) is 6. The van der Waals surface area contributed by atoms with E-state index in [4.69, 9.17) is 16.3 Å². The number of alkyl carbamates (subject to hydrolysis) is 1. The summed E-state index contributed by atoms with van der Waals surface area (Å²) in [6.45, 7) is 5.74. The van der Waals surface area contributed by atoms with Crippen LogP contribution in [0, 0.1) is 0 Å². The molecule has 38 heavy (non-hydrogen) atoms. The number of aromatic carboxylic acids is 1. The second-order valence-corrected chi connectivity index (χ2v) is 11.1. The monoisotopic (exact) mass is 538 g/mol. The molecule has 0 atom stereocenters. The van der Waals surface area contributed by atoms with Crippen LogP contribution in [0.5, 0.6) is 0 Å². The fraction of sp³-hybridized carbons (Fsp3) is 0.393. The van der Waals surface area contributed by atoms with Crippen LogP contribution in [0.25, 0.3) is 11.3 Å². The molecule has 3 aromatic rings. The number of benzene rings is 1. The normalized spacial score (nSPS) is 19.5. The van der Waals surface area contributed by atoms with Gasteiger partial charge in [-0.15, -0.1) is 0 Å². The first-order valence-electron chi connectivity index (χ1n) is 12.5. The van der Waals surface area contributed by atoms with Crippen molar-refractivity contribution in [3.8, 4) is 11.3 Å². The molecule has 1 aliphatic carbocycles.